The lowest BCUT2D eigenvalue weighted by molar-refractivity contribution is -0.192. The topological polar surface area (TPSA) is 131 Å². The normalized spacial score (nSPS) is 18.3. The van der Waals surface area contributed by atoms with E-state index < -0.39 is 12.1 Å². The Morgan fingerprint density at radius 2 is 1.92 bits per heavy atom. The number of nitrogens with one attached hydrogen (secondary N) is 3. The van der Waals surface area contributed by atoms with Gasteiger partial charge in [-0.3, -0.25) is 4.79 Å². The molecule has 1 aromatic carbocycles. The second kappa shape index (κ2) is 11.9. The van der Waals surface area contributed by atoms with Crippen LogP contribution in [0.15, 0.2) is 30.5 Å². The van der Waals surface area contributed by atoms with Gasteiger partial charge in [0.15, 0.2) is 11.5 Å². The maximum atomic E-state index is 12.7. The molecule has 4 rings (SSSR count). The zero-order valence-corrected chi connectivity index (χ0v) is 19.8. The fraction of sp³-hybridized carbons (Fsp3) is 0.440. The highest BCUT2D eigenvalue weighted by Crippen LogP contribution is 2.37. The summed E-state index contributed by atoms with van der Waals surface area (Å²) in [5.41, 5.74) is 4.80. The first-order chi connectivity index (χ1) is 17.1. The Bertz CT molecular complexity index is 1160. The summed E-state index contributed by atoms with van der Waals surface area (Å²) in [5, 5.41) is 22.5. The number of carbonyl (C=O) groups is 2. The number of amides is 1. The highest BCUT2D eigenvalue weighted by molar-refractivity contribution is 6.03. The van der Waals surface area contributed by atoms with Gasteiger partial charge in [-0.1, -0.05) is 19.1 Å². The first-order valence-electron chi connectivity index (χ1n) is 11.7. The molecule has 192 valence electrons. The predicted octanol–water partition coefficient (Wildman–Crippen LogP) is 4.84. The van der Waals surface area contributed by atoms with Crippen molar-refractivity contribution in [3.63, 3.8) is 0 Å². The zero-order chi connectivity index (χ0) is 26.3. The number of nitrogens with zero attached hydrogens (tertiary/aromatic N) is 2. The smallest absolute Gasteiger partial charge is 0.475 e. The third kappa shape index (κ3) is 7.18. The van der Waals surface area contributed by atoms with Gasteiger partial charge in [-0.15, -0.1) is 0 Å². The molecule has 1 aliphatic heterocycles. The molecule has 2 heterocycles. The summed E-state index contributed by atoms with van der Waals surface area (Å²) in [5.74, 6) is -1.66. The van der Waals surface area contributed by atoms with Gasteiger partial charge in [0.1, 0.15) is 6.07 Å². The first kappa shape index (κ1) is 26.9. The highest BCUT2D eigenvalue weighted by Gasteiger charge is 2.38. The SMILES string of the molecule is CC1CC=C(c2cc(C3CCNCC3)ccc2NC(=O)c2nc(C#N)c[nH]2)CC1.O=C(O)C(F)(F)F. The van der Waals surface area contributed by atoms with E-state index >= 15 is 0 Å². The Hall–Kier alpha value is -3.65. The van der Waals surface area contributed by atoms with Crippen LogP contribution in [-0.4, -0.2) is 46.2 Å². The van der Waals surface area contributed by atoms with Gasteiger partial charge < -0.3 is 20.7 Å². The number of nitriles is 1. The number of anilines is 1. The first-order valence-corrected chi connectivity index (χ1v) is 11.7. The number of aliphatic carboxylic acids is 1. The van der Waals surface area contributed by atoms with Crippen LogP contribution in [0.4, 0.5) is 18.9 Å². The van der Waals surface area contributed by atoms with Gasteiger partial charge in [0, 0.05) is 17.4 Å². The molecule has 1 amide bonds. The van der Waals surface area contributed by atoms with Gasteiger partial charge in [-0.25, -0.2) is 9.78 Å². The molecule has 4 N–H and O–H groups in total. The van der Waals surface area contributed by atoms with E-state index in [0.29, 0.717) is 11.8 Å². The van der Waals surface area contributed by atoms with Crippen LogP contribution in [0, 0.1) is 17.2 Å². The Morgan fingerprint density at radius 3 is 2.47 bits per heavy atom. The summed E-state index contributed by atoms with van der Waals surface area (Å²) in [6.07, 6.45) is 4.24. The molecule has 2 aliphatic rings. The Morgan fingerprint density at radius 1 is 1.22 bits per heavy atom. The minimum atomic E-state index is -5.08. The molecule has 36 heavy (non-hydrogen) atoms. The molecule has 0 radical (unpaired) electrons. The minimum Gasteiger partial charge on any atom is -0.475 e. The summed E-state index contributed by atoms with van der Waals surface area (Å²) < 4.78 is 31.7. The van der Waals surface area contributed by atoms with Crippen LogP contribution < -0.4 is 10.6 Å². The van der Waals surface area contributed by atoms with Crippen molar-refractivity contribution >= 4 is 23.1 Å². The van der Waals surface area contributed by atoms with Gasteiger partial charge in [-0.05, 0) is 80.3 Å². The van der Waals surface area contributed by atoms with Gasteiger partial charge >= 0.3 is 12.1 Å². The highest BCUT2D eigenvalue weighted by atomic mass is 19.4. The standard InChI is InChI=1S/C23H27N5O.C2HF3O2/c1-15-2-4-17(5-3-15)20-12-18(16-8-10-25-11-9-16)6-7-21(20)28-23(29)22-26-14-19(13-24)27-22;3-2(4,5)1(6)7/h4,6-7,12,14-16,25H,2-3,5,8-11H2,1H3,(H,26,27)(H,28,29);(H,6,7). The summed E-state index contributed by atoms with van der Waals surface area (Å²) in [7, 11) is 0. The second-order valence-electron chi connectivity index (χ2n) is 8.94. The lowest BCUT2D eigenvalue weighted by Crippen LogP contribution is -2.26. The van der Waals surface area contributed by atoms with Crippen LogP contribution in [0.5, 0.6) is 0 Å². The fourth-order valence-electron chi connectivity index (χ4n) is 4.23. The van der Waals surface area contributed by atoms with Gasteiger partial charge in [0.25, 0.3) is 5.91 Å². The van der Waals surface area contributed by atoms with E-state index in [4.69, 9.17) is 15.2 Å². The van der Waals surface area contributed by atoms with Gasteiger partial charge in [0.05, 0.1) is 0 Å². The van der Waals surface area contributed by atoms with Crippen LogP contribution in [0.25, 0.3) is 5.57 Å². The lowest BCUT2D eigenvalue weighted by atomic mass is 9.84. The largest absolute Gasteiger partial charge is 0.490 e. The molecule has 8 nitrogen and oxygen atoms in total. The maximum absolute atomic E-state index is 12.7. The number of imidazole rings is 1. The number of carbonyl (C=O) groups excluding carboxylic acids is 1. The van der Waals surface area contributed by atoms with E-state index in [-0.39, 0.29) is 17.4 Å². The fourth-order valence-corrected chi connectivity index (χ4v) is 4.23. The zero-order valence-electron chi connectivity index (χ0n) is 19.8. The molecule has 0 spiro atoms. The van der Waals surface area contributed by atoms with Crippen molar-refractivity contribution in [2.24, 2.45) is 5.92 Å². The number of carboxylic acid groups (broad SMARTS) is 1. The van der Waals surface area contributed by atoms with Crippen LogP contribution in [0.2, 0.25) is 0 Å². The number of hydrogen-bond donors (Lipinski definition) is 4. The number of aromatic amines is 1. The number of aromatic nitrogens is 2. The molecule has 1 aliphatic carbocycles. The van der Waals surface area contributed by atoms with E-state index in [1.165, 1.54) is 23.8 Å². The average Bonchev–Trinajstić information content (AvgIpc) is 3.35. The van der Waals surface area contributed by atoms with Crippen LogP contribution in [0.1, 0.15) is 72.4 Å². The van der Waals surface area contributed by atoms with E-state index in [1.807, 2.05) is 12.1 Å². The maximum Gasteiger partial charge on any atom is 0.490 e. The molecule has 1 atom stereocenters. The number of alkyl halides is 3. The molecule has 0 bridgehead atoms. The molecule has 1 saturated heterocycles. The monoisotopic (exact) mass is 503 g/mol. The summed E-state index contributed by atoms with van der Waals surface area (Å²) in [4.78, 5) is 28.4. The summed E-state index contributed by atoms with van der Waals surface area (Å²) in [6, 6.07) is 8.38. The number of rotatable bonds is 4. The Balaban J connectivity index is 0.000000454. The van der Waals surface area contributed by atoms with Crippen molar-refractivity contribution in [3.8, 4) is 6.07 Å². The molecule has 1 unspecified atom stereocenters. The number of carboxylic acids is 1. The average molecular weight is 504 g/mol. The number of benzene rings is 1. The van der Waals surface area contributed by atoms with E-state index in [2.05, 4.69) is 45.7 Å². The molecule has 11 heteroatoms. The van der Waals surface area contributed by atoms with E-state index in [0.717, 1.165) is 50.0 Å². The lowest BCUT2D eigenvalue weighted by Gasteiger charge is -2.26. The van der Waals surface area contributed by atoms with Crippen LogP contribution in [0.3, 0.4) is 0 Å². The summed E-state index contributed by atoms with van der Waals surface area (Å²) in [6.45, 7) is 4.39. The number of H-pyrrole nitrogens is 1. The molecule has 0 saturated carbocycles. The molecular weight excluding hydrogens is 475 g/mol. The molecule has 2 aromatic rings. The van der Waals surface area contributed by atoms with Crippen molar-refractivity contribution in [3.05, 3.63) is 53.1 Å². The number of hydrogen-bond acceptors (Lipinski definition) is 5. The second-order valence-corrected chi connectivity index (χ2v) is 8.94. The van der Waals surface area contributed by atoms with Gasteiger partial charge in [0.2, 0.25) is 0 Å². The van der Waals surface area contributed by atoms with E-state index in [1.54, 1.807) is 0 Å². The molecule has 1 aromatic heterocycles. The third-order valence-corrected chi connectivity index (χ3v) is 6.27. The van der Waals surface area contributed by atoms with Crippen molar-refractivity contribution in [2.45, 2.75) is 51.1 Å². The van der Waals surface area contributed by atoms with Crippen LogP contribution >= 0.6 is 0 Å². The molecular formula is C25H28F3N5O3. The third-order valence-electron chi connectivity index (χ3n) is 6.27. The van der Waals surface area contributed by atoms with E-state index in [9.17, 15) is 18.0 Å². The predicted molar refractivity (Wildman–Crippen MR) is 127 cm³/mol. The van der Waals surface area contributed by atoms with Crippen molar-refractivity contribution in [2.75, 3.05) is 18.4 Å². The van der Waals surface area contributed by atoms with Gasteiger partial charge in [-0.2, -0.15) is 18.4 Å². The quantitative estimate of drug-likeness (QED) is 0.472. The Labute approximate surface area is 206 Å². The Kier molecular flexibility index (Phi) is 8.88. The minimum absolute atomic E-state index is 0.154. The number of piperidine rings is 1. The number of halogens is 3. The summed E-state index contributed by atoms with van der Waals surface area (Å²) >= 11 is 0. The van der Waals surface area contributed by atoms with Crippen molar-refractivity contribution in [1.29, 1.82) is 5.26 Å². The number of allylic oxidation sites excluding steroid dienone is 2. The van der Waals surface area contributed by atoms with Crippen molar-refractivity contribution in [1.82, 2.24) is 15.3 Å². The molecule has 1 fully saturated rings. The van der Waals surface area contributed by atoms with Crippen molar-refractivity contribution < 1.29 is 27.9 Å². The van der Waals surface area contributed by atoms with Crippen LogP contribution in [-0.2, 0) is 4.79 Å².